The Bertz CT molecular complexity index is 479. The van der Waals surface area contributed by atoms with Gasteiger partial charge in [0.1, 0.15) is 11.6 Å². The van der Waals surface area contributed by atoms with E-state index >= 15 is 0 Å². The lowest BCUT2D eigenvalue weighted by atomic mass is 10.4. The Balaban J connectivity index is 0.000000200. The first kappa shape index (κ1) is 16.3. The van der Waals surface area contributed by atoms with E-state index in [1.54, 1.807) is 4.68 Å². The Kier molecular flexibility index (Phi) is 6.33. The molecule has 20 heavy (non-hydrogen) atoms. The third-order valence-electron chi connectivity index (χ3n) is 2.75. The Morgan fingerprint density at radius 3 is 2.05 bits per heavy atom. The Hall–Kier alpha value is -1.73. The van der Waals surface area contributed by atoms with Gasteiger partial charge in [0.05, 0.1) is 17.9 Å². The first-order chi connectivity index (χ1) is 9.47. The molecule has 0 saturated heterocycles. The second-order valence-corrected chi connectivity index (χ2v) is 4.66. The average Bonchev–Trinajstić information content (AvgIpc) is 2.84. The maximum absolute atomic E-state index is 4.21. The van der Waals surface area contributed by atoms with Crippen LogP contribution in [0.3, 0.4) is 0 Å². The summed E-state index contributed by atoms with van der Waals surface area (Å²) in [7, 11) is 7.68. The van der Waals surface area contributed by atoms with E-state index in [9.17, 15) is 0 Å². The van der Waals surface area contributed by atoms with Crippen LogP contribution in [0.25, 0.3) is 0 Å². The van der Waals surface area contributed by atoms with Crippen LogP contribution in [0.2, 0.25) is 0 Å². The largest absolute Gasteiger partial charge is 0.314 e. The van der Waals surface area contributed by atoms with Gasteiger partial charge in [0.25, 0.3) is 0 Å². The van der Waals surface area contributed by atoms with Gasteiger partial charge >= 0.3 is 0 Å². The summed E-state index contributed by atoms with van der Waals surface area (Å²) in [6.45, 7) is 5.55. The van der Waals surface area contributed by atoms with Crippen molar-refractivity contribution in [3.63, 3.8) is 0 Å². The van der Waals surface area contributed by atoms with E-state index in [2.05, 4.69) is 31.9 Å². The molecule has 7 nitrogen and oxygen atoms in total. The maximum Gasteiger partial charge on any atom is 0.147 e. The van der Waals surface area contributed by atoms with Crippen molar-refractivity contribution in [1.82, 2.24) is 35.2 Å². The molecule has 0 amide bonds. The molecule has 0 spiro atoms. The van der Waals surface area contributed by atoms with Gasteiger partial charge in [-0.25, -0.2) is 4.98 Å². The van der Waals surface area contributed by atoms with Crippen LogP contribution in [0.5, 0.6) is 0 Å². The minimum atomic E-state index is 0.775. The van der Waals surface area contributed by atoms with Crippen molar-refractivity contribution in [2.24, 2.45) is 14.1 Å². The van der Waals surface area contributed by atoms with Gasteiger partial charge in [-0.1, -0.05) is 0 Å². The maximum atomic E-state index is 4.21. The van der Waals surface area contributed by atoms with Crippen LogP contribution in [-0.2, 0) is 27.2 Å². The lowest BCUT2D eigenvalue weighted by Gasteiger charge is -1.97. The van der Waals surface area contributed by atoms with Crippen molar-refractivity contribution in [2.45, 2.75) is 26.9 Å². The second kappa shape index (κ2) is 7.76. The molecule has 0 aliphatic heterocycles. The summed E-state index contributed by atoms with van der Waals surface area (Å²) in [4.78, 5) is 4.19. The fraction of sp³-hybridized carbons (Fsp3) is 0.615. The van der Waals surface area contributed by atoms with E-state index in [-0.39, 0.29) is 0 Å². The van der Waals surface area contributed by atoms with E-state index in [1.165, 1.54) is 5.69 Å². The molecule has 0 saturated carbocycles. The number of aryl methyl sites for hydroxylation is 4. The van der Waals surface area contributed by atoms with E-state index in [0.717, 1.165) is 30.4 Å². The van der Waals surface area contributed by atoms with Gasteiger partial charge in [-0.15, -0.1) is 0 Å². The standard InChI is InChI=1S/C7H13N3.C6H12N4/c1-6-4-7(5-8-2)10(3)9-6;1-5-8-6(4-7-2)10(3)9-5/h4,8H,5H2,1-3H3;7H,4H2,1-3H3. The lowest BCUT2D eigenvalue weighted by Crippen LogP contribution is -2.10. The summed E-state index contributed by atoms with van der Waals surface area (Å²) >= 11 is 0. The van der Waals surface area contributed by atoms with E-state index in [4.69, 9.17) is 0 Å². The van der Waals surface area contributed by atoms with Crippen molar-refractivity contribution in [3.8, 4) is 0 Å². The van der Waals surface area contributed by atoms with Crippen LogP contribution in [0.4, 0.5) is 0 Å². The molecule has 2 aromatic rings. The zero-order valence-electron chi connectivity index (χ0n) is 13.2. The molecular formula is C13H25N7. The molecule has 0 bridgehead atoms. The first-order valence-electron chi connectivity index (χ1n) is 6.63. The van der Waals surface area contributed by atoms with Crippen LogP contribution in [0.1, 0.15) is 23.0 Å². The molecule has 0 fully saturated rings. The molecule has 2 N–H and O–H groups in total. The average molecular weight is 279 g/mol. The summed E-state index contributed by atoms with van der Waals surface area (Å²) in [5, 5.41) is 14.4. The minimum Gasteiger partial charge on any atom is -0.314 e. The number of nitrogens with zero attached hydrogens (tertiary/aromatic N) is 5. The van der Waals surface area contributed by atoms with Crippen molar-refractivity contribution in [2.75, 3.05) is 14.1 Å². The van der Waals surface area contributed by atoms with Crippen LogP contribution >= 0.6 is 0 Å². The molecule has 2 aromatic heterocycles. The van der Waals surface area contributed by atoms with Crippen molar-refractivity contribution < 1.29 is 0 Å². The minimum absolute atomic E-state index is 0.775. The summed E-state index contributed by atoms with van der Waals surface area (Å²) in [6.07, 6.45) is 0. The molecule has 0 unspecified atom stereocenters. The smallest absolute Gasteiger partial charge is 0.147 e. The van der Waals surface area contributed by atoms with E-state index < -0.39 is 0 Å². The normalized spacial score (nSPS) is 10.3. The molecule has 2 rings (SSSR count). The van der Waals surface area contributed by atoms with Gasteiger partial charge in [0, 0.05) is 20.6 Å². The molecule has 2 heterocycles. The molecule has 0 aliphatic carbocycles. The summed E-state index contributed by atoms with van der Waals surface area (Å²) < 4.78 is 3.68. The molecule has 7 heteroatoms. The van der Waals surface area contributed by atoms with Crippen molar-refractivity contribution in [3.05, 3.63) is 29.1 Å². The highest BCUT2D eigenvalue weighted by atomic mass is 15.3. The van der Waals surface area contributed by atoms with Gasteiger partial charge in [0.2, 0.25) is 0 Å². The fourth-order valence-electron chi connectivity index (χ4n) is 1.88. The fourth-order valence-corrected chi connectivity index (χ4v) is 1.88. The molecule has 112 valence electrons. The van der Waals surface area contributed by atoms with Gasteiger partial charge < -0.3 is 10.6 Å². The predicted molar refractivity (Wildman–Crippen MR) is 79.2 cm³/mol. The summed E-state index contributed by atoms with van der Waals surface area (Å²) in [6, 6.07) is 2.08. The zero-order chi connectivity index (χ0) is 15.1. The zero-order valence-corrected chi connectivity index (χ0v) is 13.2. The van der Waals surface area contributed by atoms with Crippen LogP contribution in [-0.4, -0.2) is 38.6 Å². The molecule has 0 aromatic carbocycles. The van der Waals surface area contributed by atoms with Gasteiger partial charge in [-0.3, -0.25) is 9.36 Å². The SMILES string of the molecule is CNCc1cc(C)nn1C.CNCc1nc(C)nn1C. The van der Waals surface area contributed by atoms with E-state index in [1.807, 2.05) is 46.7 Å². The van der Waals surface area contributed by atoms with Gasteiger partial charge in [-0.05, 0) is 34.0 Å². The molecular weight excluding hydrogens is 254 g/mol. The number of hydrogen-bond donors (Lipinski definition) is 2. The Morgan fingerprint density at radius 2 is 1.65 bits per heavy atom. The molecule has 0 aliphatic rings. The molecule has 0 atom stereocenters. The van der Waals surface area contributed by atoms with Crippen LogP contribution in [0, 0.1) is 13.8 Å². The van der Waals surface area contributed by atoms with Gasteiger partial charge in [-0.2, -0.15) is 10.2 Å². The molecule has 0 radical (unpaired) electrons. The number of hydrogen-bond acceptors (Lipinski definition) is 5. The highest BCUT2D eigenvalue weighted by Gasteiger charge is 2.00. The highest BCUT2D eigenvalue weighted by molar-refractivity contribution is 5.07. The third kappa shape index (κ3) is 4.75. The van der Waals surface area contributed by atoms with Crippen molar-refractivity contribution >= 4 is 0 Å². The highest BCUT2D eigenvalue weighted by Crippen LogP contribution is 1.99. The number of aromatic nitrogens is 5. The second-order valence-electron chi connectivity index (χ2n) is 4.66. The summed E-state index contributed by atoms with van der Waals surface area (Å²) in [5.74, 6) is 1.80. The number of rotatable bonds is 4. The Labute approximate surface area is 120 Å². The topological polar surface area (TPSA) is 72.6 Å². The van der Waals surface area contributed by atoms with Crippen molar-refractivity contribution in [1.29, 1.82) is 0 Å². The lowest BCUT2D eigenvalue weighted by molar-refractivity contribution is 0.658. The third-order valence-corrected chi connectivity index (χ3v) is 2.75. The monoisotopic (exact) mass is 279 g/mol. The first-order valence-corrected chi connectivity index (χ1v) is 6.63. The van der Waals surface area contributed by atoms with E-state index in [0.29, 0.717) is 0 Å². The predicted octanol–water partition coefficient (Wildman–Crippen LogP) is 0.291. The summed E-state index contributed by atoms with van der Waals surface area (Å²) in [5.41, 5.74) is 2.30. The Morgan fingerprint density at radius 1 is 1.00 bits per heavy atom. The van der Waals surface area contributed by atoms with Crippen LogP contribution < -0.4 is 10.6 Å². The number of nitrogens with one attached hydrogen (secondary N) is 2. The van der Waals surface area contributed by atoms with Crippen LogP contribution in [0.15, 0.2) is 6.07 Å². The van der Waals surface area contributed by atoms with Gasteiger partial charge in [0.15, 0.2) is 0 Å². The quantitative estimate of drug-likeness (QED) is 0.841.